The average Bonchev–Trinajstić information content (AvgIpc) is 2.29. The molecule has 0 radical (unpaired) electrons. The molecule has 1 rings (SSSR count). The maximum Gasteiger partial charge on any atom is 0.404 e. The Morgan fingerprint density at radius 3 is 2.94 bits per heavy atom. The zero-order valence-electron chi connectivity index (χ0n) is 8.82. The van der Waals surface area contributed by atoms with Gasteiger partial charge in [-0.2, -0.15) is 0 Å². The summed E-state index contributed by atoms with van der Waals surface area (Å²) >= 11 is 7.20. The highest BCUT2D eigenvalue weighted by Gasteiger charge is 2.02. The van der Waals surface area contributed by atoms with Crippen molar-refractivity contribution in [1.29, 1.82) is 0 Å². The lowest BCUT2D eigenvalue weighted by Crippen LogP contribution is -2.23. The molecule has 1 amide bonds. The minimum absolute atomic E-state index is 0.0145. The monoisotopic (exact) mass is 275 g/mol. The largest absolute Gasteiger partial charge is 0.465 e. The summed E-state index contributed by atoms with van der Waals surface area (Å²) in [6.45, 7) is -0.0145. The predicted octanol–water partition coefficient (Wildman–Crippen LogP) is 3.55. The van der Waals surface area contributed by atoms with Gasteiger partial charge < -0.3 is 10.4 Å². The van der Waals surface area contributed by atoms with Crippen LogP contribution >= 0.6 is 23.4 Å². The van der Waals surface area contributed by atoms with Gasteiger partial charge in [0, 0.05) is 22.2 Å². The summed E-state index contributed by atoms with van der Waals surface area (Å²) in [6, 6.07) is 7.19. The summed E-state index contributed by atoms with van der Waals surface area (Å²) in [5.41, 5.74) is 0.373. The minimum atomic E-state index is -1.17. The molecule has 0 aliphatic rings. The molecule has 0 bridgehead atoms. The Bertz CT molecular complexity index is 426. The van der Waals surface area contributed by atoms with Gasteiger partial charge in [-0.05, 0) is 23.8 Å². The second-order valence-corrected chi connectivity index (χ2v) is 4.66. The molecule has 0 saturated heterocycles. The highest BCUT2D eigenvalue weighted by molar-refractivity contribution is 7.99. The van der Waals surface area contributed by atoms with Crippen LogP contribution < -0.4 is 5.32 Å². The SMILES string of the molecule is O=C(O)NCC(=CF)CSc1cccc(Cl)c1. The van der Waals surface area contributed by atoms with E-state index in [1.807, 2.05) is 6.07 Å². The number of nitrogens with one attached hydrogen (secondary N) is 1. The molecule has 0 atom stereocenters. The van der Waals surface area contributed by atoms with E-state index in [9.17, 15) is 9.18 Å². The number of carboxylic acid groups (broad SMARTS) is 1. The molecule has 92 valence electrons. The lowest BCUT2D eigenvalue weighted by atomic mass is 10.3. The van der Waals surface area contributed by atoms with E-state index in [1.54, 1.807) is 18.2 Å². The Balaban J connectivity index is 2.45. The van der Waals surface area contributed by atoms with Crippen molar-refractivity contribution < 1.29 is 14.3 Å². The highest BCUT2D eigenvalue weighted by atomic mass is 35.5. The van der Waals surface area contributed by atoms with Crippen molar-refractivity contribution in [1.82, 2.24) is 5.32 Å². The normalized spacial score (nSPS) is 11.3. The molecule has 17 heavy (non-hydrogen) atoms. The molecule has 0 fully saturated rings. The zero-order chi connectivity index (χ0) is 12.7. The second-order valence-electron chi connectivity index (χ2n) is 3.17. The lowest BCUT2D eigenvalue weighted by molar-refractivity contribution is 0.195. The number of hydrogen-bond acceptors (Lipinski definition) is 2. The van der Waals surface area contributed by atoms with Crippen molar-refractivity contribution >= 4 is 29.5 Å². The van der Waals surface area contributed by atoms with E-state index < -0.39 is 6.09 Å². The van der Waals surface area contributed by atoms with Gasteiger partial charge in [-0.25, -0.2) is 9.18 Å². The van der Waals surface area contributed by atoms with Crippen LogP contribution in [0.1, 0.15) is 0 Å². The highest BCUT2D eigenvalue weighted by Crippen LogP contribution is 2.23. The molecular formula is C11H11ClFNO2S. The molecule has 2 N–H and O–H groups in total. The quantitative estimate of drug-likeness (QED) is 0.808. The molecule has 0 aliphatic carbocycles. The Hall–Kier alpha value is -1.20. The Kier molecular flexibility index (Phi) is 5.86. The third-order valence-corrected chi connectivity index (χ3v) is 3.18. The van der Waals surface area contributed by atoms with Gasteiger partial charge in [0.05, 0.1) is 6.33 Å². The Labute approximate surface area is 108 Å². The van der Waals surface area contributed by atoms with Crippen molar-refractivity contribution in [3.05, 3.63) is 41.2 Å². The minimum Gasteiger partial charge on any atom is -0.465 e. The lowest BCUT2D eigenvalue weighted by Gasteiger charge is -2.06. The van der Waals surface area contributed by atoms with E-state index in [0.29, 0.717) is 22.7 Å². The van der Waals surface area contributed by atoms with Gasteiger partial charge in [-0.1, -0.05) is 17.7 Å². The first-order valence-corrected chi connectivity index (χ1v) is 6.11. The number of carbonyl (C=O) groups is 1. The third-order valence-electron chi connectivity index (χ3n) is 1.84. The first-order chi connectivity index (χ1) is 8.11. The van der Waals surface area contributed by atoms with Crippen molar-refractivity contribution in [2.75, 3.05) is 12.3 Å². The molecule has 0 heterocycles. The van der Waals surface area contributed by atoms with E-state index in [0.717, 1.165) is 4.90 Å². The summed E-state index contributed by atoms with van der Waals surface area (Å²) in [6.07, 6.45) is -0.745. The van der Waals surface area contributed by atoms with Gasteiger partial charge in [0.25, 0.3) is 0 Å². The molecule has 0 saturated carbocycles. The van der Waals surface area contributed by atoms with Crippen LogP contribution in [0.2, 0.25) is 5.02 Å². The predicted molar refractivity (Wildman–Crippen MR) is 67.4 cm³/mol. The number of halogens is 2. The summed E-state index contributed by atoms with van der Waals surface area (Å²) in [7, 11) is 0. The van der Waals surface area contributed by atoms with Crippen LogP contribution in [0, 0.1) is 0 Å². The molecule has 0 aromatic heterocycles. The molecular weight excluding hydrogens is 265 g/mol. The maximum atomic E-state index is 12.5. The zero-order valence-corrected chi connectivity index (χ0v) is 10.4. The number of rotatable bonds is 5. The van der Waals surface area contributed by atoms with Gasteiger partial charge in [0.15, 0.2) is 0 Å². The molecule has 6 heteroatoms. The van der Waals surface area contributed by atoms with Crippen molar-refractivity contribution in [3.63, 3.8) is 0 Å². The van der Waals surface area contributed by atoms with Gasteiger partial charge in [-0.15, -0.1) is 11.8 Å². The smallest absolute Gasteiger partial charge is 0.404 e. The number of benzene rings is 1. The first kappa shape index (κ1) is 13.9. The molecule has 0 spiro atoms. The number of thioether (sulfide) groups is 1. The molecule has 1 aromatic rings. The Morgan fingerprint density at radius 2 is 2.35 bits per heavy atom. The van der Waals surface area contributed by atoms with Crippen LogP contribution in [0.5, 0.6) is 0 Å². The summed E-state index contributed by atoms with van der Waals surface area (Å²) in [5.74, 6) is 0.372. The van der Waals surface area contributed by atoms with Crippen LogP contribution in [0.15, 0.2) is 41.1 Å². The number of hydrogen-bond donors (Lipinski definition) is 2. The molecule has 0 unspecified atom stereocenters. The second kappa shape index (κ2) is 7.19. The topological polar surface area (TPSA) is 49.3 Å². The van der Waals surface area contributed by atoms with E-state index in [1.165, 1.54) is 11.8 Å². The average molecular weight is 276 g/mol. The van der Waals surface area contributed by atoms with Gasteiger partial charge in [0.1, 0.15) is 0 Å². The fraction of sp³-hybridized carbons (Fsp3) is 0.182. The summed E-state index contributed by atoms with van der Waals surface area (Å²) in [5, 5.41) is 11.1. The summed E-state index contributed by atoms with van der Waals surface area (Å²) in [4.78, 5) is 11.2. The summed E-state index contributed by atoms with van der Waals surface area (Å²) < 4.78 is 12.5. The first-order valence-electron chi connectivity index (χ1n) is 4.75. The maximum absolute atomic E-state index is 12.5. The van der Waals surface area contributed by atoms with E-state index in [2.05, 4.69) is 5.32 Å². The van der Waals surface area contributed by atoms with Gasteiger partial charge >= 0.3 is 6.09 Å². The Morgan fingerprint density at radius 1 is 1.59 bits per heavy atom. The van der Waals surface area contributed by atoms with Crippen molar-refractivity contribution in [2.24, 2.45) is 0 Å². The van der Waals surface area contributed by atoms with Gasteiger partial charge in [0.2, 0.25) is 0 Å². The molecule has 3 nitrogen and oxygen atoms in total. The standard InChI is InChI=1S/C11H11ClFNO2S/c12-9-2-1-3-10(4-9)17-7-8(5-13)6-14-11(15)16/h1-5,14H,6-7H2,(H,15,16). The number of amides is 1. The fourth-order valence-corrected chi connectivity index (χ4v) is 2.20. The molecule has 0 aliphatic heterocycles. The van der Waals surface area contributed by atoms with Crippen molar-refractivity contribution in [2.45, 2.75) is 4.90 Å². The van der Waals surface area contributed by atoms with Crippen LogP contribution in [-0.4, -0.2) is 23.5 Å². The van der Waals surface area contributed by atoms with Crippen LogP contribution in [-0.2, 0) is 0 Å². The third kappa shape index (κ3) is 5.60. The van der Waals surface area contributed by atoms with Crippen LogP contribution in [0.4, 0.5) is 9.18 Å². The molecule has 1 aromatic carbocycles. The van der Waals surface area contributed by atoms with E-state index in [-0.39, 0.29) is 6.54 Å². The van der Waals surface area contributed by atoms with Crippen LogP contribution in [0.3, 0.4) is 0 Å². The van der Waals surface area contributed by atoms with Gasteiger partial charge in [-0.3, -0.25) is 0 Å². The van der Waals surface area contributed by atoms with Crippen molar-refractivity contribution in [3.8, 4) is 0 Å². The van der Waals surface area contributed by atoms with E-state index in [4.69, 9.17) is 16.7 Å². The van der Waals surface area contributed by atoms with Crippen LogP contribution in [0.25, 0.3) is 0 Å². The fourth-order valence-electron chi connectivity index (χ4n) is 1.04. The van der Waals surface area contributed by atoms with E-state index >= 15 is 0 Å².